The summed E-state index contributed by atoms with van der Waals surface area (Å²) in [7, 11) is 0. The highest BCUT2D eigenvalue weighted by atomic mass is 32.2. The molecule has 6 nitrogen and oxygen atoms in total. The molecule has 0 amide bonds. The first-order valence-corrected chi connectivity index (χ1v) is 11.6. The predicted octanol–water partition coefficient (Wildman–Crippen LogP) is 4.65. The molecule has 2 heterocycles. The minimum absolute atomic E-state index is 0.205. The molecular formula is C22H29N5OS. The Morgan fingerprint density at radius 3 is 2.62 bits per heavy atom. The molecule has 4 rings (SSSR count). The number of thioether (sulfide) groups is 1. The molecule has 1 atom stereocenters. The van der Waals surface area contributed by atoms with E-state index in [-0.39, 0.29) is 11.8 Å². The fraction of sp³-hybridized carbons (Fsp3) is 0.500. The molecule has 1 N–H and O–H groups in total. The number of benzene rings is 1. The second kappa shape index (κ2) is 8.61. The minimum Gasteiger partial charge on any atom is -0.372 e. The Balaban J connectivity index is 1.75. The van der Waals surface area contributed by atoms with Gasteiger partial charge in [0.25, 0.3) is 0 Å². The van der Waals surface area contributed by atoms with E-state index in [0.717, 1.165) is 66.0 Å². The standard InChI is InChI=1S/C22H29N5OS/c1-4-14-29-22-24-21-23-17-8-7-9-18(28)19(17)20(27(21)25-22)15-10-12-16(13-11-15)26(5-2)6-3/h10-13,20H,4-9,14H2,1-3H3,(H,23,24,25). The number of nitrogens with one attached hydrogen (secondary N) is 1. The summed E-state index contributed by atoms with van der Waals surface area (Å²) in [6.07, 6.45) is 3.46. The van der Waals surface area contributed by atoms with Gasteiger partial charge < -0.3 is 10.2 Å². The number of carbonyl (C=O) groups is 1. The largest absolute Gasteiger partial charge is 0.372 e. The predicted molar refractivity (Wildman–Crippen MR) is 119 cm³/mol. The highest BCUT2D eigenvalue weighted by Crippen LogP contribution is 2.40. The third kappa shape index (κ3) is 3.80. The molecule has 29 heavy (non-hydrogen) atoms. The summed E-state index contributed by atoms with van der Waals surface area (Å²) in [4.78, 5) is 19.9. The Morgan fingerprint density at radius 1 is 1.17 bits per heavy atom. The van der Waals surface area contributed by atoms with E-state index in [1.807, 2.05) is 4.68 Å². The zero-order valence-electron chi connectivity index (χ0n) is 17.4. The van der Waals surface area contributed by atoms with E-state index >= 15 is 0 Å². The average molecular weight is 412 g/mol. The topological polar surface area (TPSA) is 63.1 Å². The van der Waals surface area contributed by atoms with Crippen LogP contribution in [0.2, 0.25) is 0 Å². The quantitative estimate of drug-likeness (QED) is 0.669. The first-order chi connectivity index (χ1) is 14.2. The average Bonchev–Trinajstić information content (AvgIpc) is 3.15. The number of aromatic nitrogens is 3. The molecule has 1 aliphatic carbocycles. The third-order valence-corrected chi connectivity index (χ3v) is 6.66. The minimum atomic E-state index is -0.205. The zero-order chi connectivity index (χ0) is 20.4. The Labute approximate surface area is 176 Å². The number of hydrogen-bond acceptors (Lipinski definition) is 6. The van der Waals surface area contributed by atoms with E-state index < -0.39 is 0 Å². The zero-order valence-corrected chi connectivity index (χ0v) is 18.3. The lowest BCUT2D eigenvalue weighted by atomic mass is 9.85. The molecule has 7 heteroatoms. The van der Waals surface area contributed by atoms with E-state index in [9.17, 15) is 4.79 Å². The van der Waals surface area contributed by atoms with Crippen LogP contribution in [-0.2, 0) is 4.79 Å². The summed E-state index contributed by atoms with van der Waals surface area (Å²) >= 11 is 1.66. The van der Waals surface area contributed by atoms with Gasteiger partial charge in [-0.05, 0) is 50.8 Å². The normalized spacial score (nSPS) is 18.3. The second-order valence-electron chi connectivity index (χ2n) is 7.47. The summed E-state index contributed by atoms with van der Waals surface area (Å²) in [5.41, 5.74) is 4.17. The maximum Gasteiger partial charge on any atom is 0.227 e. The Bertz CT molecular complexity index is 914. The fourth-order valence-electron chi connectivity index (χ4n) is 4.16. The highest BCUT2D eigenvalue weighted by Gasteiger charge is 2.36. The summed E-state index contributed by atoms with van der Waals surface area (Å²) in [6, 6.07) is 8.38. The number of nitrogens with zero attached hydrogens (tertiary/aromatic N) is 4. The molecule has 1 aromatic carbocycles. The van der Waals surface area contributed by atoms with Gasteiger partial charge in [-0.3, -0.25) is 4.79 Å². The molecule has 2 aromatic rings. The molecule has 0 fully saturated rings. The van der Waals surface area contributed by atoms with Crippen LogP contribution in [0, 0.1) is 0 Å². The van der Waals surface area contributed by atoms with Crippen LogP contribution < -0.4 is 10.2 Å². The van der Waals surface area contributed by atoms with Gasteiger partial charge in [0.2, 0.25) is 11.1 Å². The van der Waals surface area contributed by atoms with Crippen LogP contribution >= 0.6 is 11.8 Å². The summed E-state index contributed by atoms with van der Waals surface area (Å²) in [5.74, 6) is 1.95. The lowest BCUT2D eigenvalue weighted by molar-refractivity contribution is -0.116. The van der Waals surface area contributed by atoms with Crippen molar-refractivity contribution in [2.24, 2.45) is 0 Å². The number of fused-ring (bicyclic) bond motifs is 1. The molecule has 1 aliphatic heterocycles. The van der Waals surface area contributed by atoms with Crippen molar-refractivity contribution in [2.45, 2.75) is 57.7 Å². The number of anilines is 2. The molecule has 0 saturated heterocycles. The maximum absolute atomic E-state index is 12.9. The van der Waals surface area contributed by atoms with E-state index in [2.05, 4.69) is 55.3 Å². The van der Waals surface area contributed by atoms with Crippen molar-refractivity contribution in [1.82, 2.24) is 14.8 Å². The van der Waals surface area contributed by atoms with Gasteiger partial charge in [0.1, 0.15) is 6.04 Å². The van der Waals surface area contributed by atoms with Crippen LogP contribution in [0.15, 0.2) is 40.7 Å². The number of allylic oxidation sites excluding steroid dienone is 2. The summed E-state index contributed by atoms with van der Waals surface area (Å²) < 4.78 is 1.91. The van der Waals surface area contributed by atoms with Gasteiger partial charge in [0.05, 0.1) is 0 Å². The number of rotatable bonds is 7. The summed E-state index contributed by atoms with van der Waals surface area (Å²) in [6.45, 7) is 8.43. The second-order valence-corrected chi connectivity index (χ2v) is 8.53. The van der Waals surface area contributed by atoms with Crippen LogP contribution in [-0.4, -0.2) is 39.4 Å². The Hall–Kier alpha value is -2.28. The van der Waals surface area contributed by atoms with Gasteiger partial charge >= 0.3 is 0 Å². The first-order valence-electron chi connectivity index (χ1n) is 10.6. The number of Topliss-reactive ketones (excluding diaryl/α,β-unsaturated/α-hetero) is 1. The molecule has 0 spiro atoms. The van der Waals surface area contributed by atoms with Crippen LogP contribution in [0.1, 0.15) is 58.1 Å². The SMILES string of the molecule is CCCSc1nc2n(n1)C(c1ccc(N(CC)CC)cc1)C1=C(CCCC1=O)N2. The summed E-state index contributed by atoms with van der Waals surface area (Å²) in [5, 5.41) is 8.94. The van der Waals surface area contributed by atoms with Crippen molar-refractivity contribution in [2.75, 3.05) is 29.1 Å². The van der Waals surface area contributed by atoms with Gasteiger partial charge in [-0.25, -0.2) is 4.68 Å². The Morgan fingerprint density at radius 2 is 1.93 bits per heavy atom. The van der Waals surface area contributed by atoms with Crippen molar-refractivity contribution in [3.05, 3.63) is 41.1 Å². The van der Waals surface area contributed by atoms with Crippen LogP contribution in [0.3, 0.4) is 0 Å². The lowest BCUT2D eigenvalue weighted by Crippen LogP contribution is -2.31. The van der Waals surface area contributed by atoms with Crippen LogP contribution in [0.4, 0.5) is 11.6 Å². The van der Waals surface area contributed by atoms with E-state index in [1.54, 1.807) is 11.8 Å². The van der Waals surface area contributed by atoms with Crippen LogP contribution in [0.25, 0.3) is 0 Å². The van der Waals surface area contributed by atoms with Crippen molar-refractivity contribution < 1.29 is 4.79 Å². The Kier molecular flexibility index (Phi) is 5.94. The van der Waals surface area contributed by atoms with Gasteiger partial charge in [-0.2, -0.15) is 4.98 Å². The van der Waals surface area contributed by atoms with Crippen LogP contribution in [0.5, 0.6) is 0 Å². The van der Waals surface area contributed by atoms with E-state index in [4.69, 9.17) is 10.1 Å². The number of hydrogen-bond donors (Lipinski definition) is 1. The van der Waals surface area contributed by atoms with Gasteiger partial charge in [-0.1, -0.05) is 30.8 Å². The maximum atomic E-state index is 12.9. The molecular weight excluding hydrogens is 382 g/mol. The molecule has 1 aromatic heterocycles. The van der Waals surface area contributed by atoms with E-state index in [1.165, 1.54) is 5.69 Å². The monoisotopic (exact) mass is 411 g/mol. The van der Waals surface area contributed by atoms with E-state index in [0.29, 0.717) is 6.42 Å². The van der Waals surface area contributed by atoms with Gasteiger partial charge in [-0.15, -0.1) is 5.10 Å². The molecule has 0 radical (unpaired) electrons. The highest BCUT2D eigenvalue weighted by molar-refractivity contribution is 7.99. The molecule has 154 valence electrons. The molecule has 1 unspecified atom stereocenters. The number of ketones is 1. The first kappa shape index (κ1) is 20.0. The molecule has 2 aliphatic rings. The smallest absolute Gasteiger partial charge is 0.227 e. The molecule has 0 bridgehead atoms. The fourth-order valence-corrected chi connectivity index (χ4v) is 4.84. The number of carbonyl (C=O) groups excluding carboxylic acids is 1. The third-order valence-electron chi connectivity index (χ3n) is 5.62. The van der Waals surface area contributed by atoms with Gasteiger partial charge in [0, 0.05) is 42.2 Å². The van der Waals surface area contributed by atoms with Crippen molar-refractivity contribution in [1.29, 1.82) is 0 Å². The van der Waals surface area contributed by atoms with Crippen molar-refractivity contribution in [3.8, 4) is 0 Å². The molecule has 0 saturated carbocycles. The van der Waals surface area contributed by atoms with Crippen molar-refractivity contribution in [3.63, 3.8) is 0 Å². The van der Waals surface area contributed by atoms with Gasteiger partial charge in [0.15, 0.2) is 5.78 Å². The van der Waals surface area contributed by atoms with Crippen molar-refractivity contribution >= 4 is 29.2 Å². The lowest BCUT2D eigenvalue weighted by Gasteiger charge is -2.32.